The van der Waals surface area contributed by atoms with Crippen LogP contribution in [-0.4, -0.2) is 18.4 Å². The van der Waals surface area contributed by atoms with E-state index < -0.39 is 23.1 Å². The van der Waals surface area contributed by atoms with E-state index in [-0.39, 0.29) is 42.7 Å². The van der Waals surface area contributed by atoms with E-state index in [1.165, 1.54) is 6.07 Å². The van der Waals surface area contributed by atoms with Crippen LogP contribution in [0.3, 0.4) is 0 Å². The maximum absolute atomic E-state index is 12.8. The van der Waals surface area contributed by atoms with Crippen molar-refractivity contribution in [1.82, 2.24) is 5.32 Å². The summed E-state index contributed by atoms with van der Waals surface area (Å²) in [6, 6.07) is 3.11. The molecule has 5 nitrogen and oxygen atoms in total. The van der Waals surface area contributed by atoms with Crippen molar-refractivity contribution in [2.45, 2.75) is 33.5 Å². The van der Waals surface area contributed by atoms with E-state index in [1.54, 1.807) is 20.8 Å². The third-order valence-corrected chi connectivity index (χ3v) is 2.93. The summed E-state index contributed by atoms with van der Waals surface area (Å²) in [5, 5.41) is 4.74. The molecule has 1 aromatic carbocycles. The van der Waals surface area contributed by atoms with Crippen molar-refractivity contribution in [1.29, 1.82) is 0 Å². The highest BCUT2D eigenvalue weighted by Crippen LogP contribution is 2.31. The lowest BCUT2D eigenvalue weighted by molar-refractivity contribution is -0.137. The Morgan fingerprint density at radius 3 is 2.17 bits per heavy atom. The largest absolute Gasteiger partial charge is 0.416 e. The number of halogens is 4. The molecule has 0 atom stereocenters. The fraction of sp³-hybridized carbons (Fsp3) is 0.467. The molecule has 0 spiro atoms. The van der Waals surface area contributed by atoms with E-state index >= 15 is 0 Å². The van der Waals surface area contributed by atoms with Crippen LogP contribution in [0.5, 0.6) is 0 Å². The molecular weight excluding hydrogens is 347 g/mol. The van der Waals surface area contributed by atoms with Gasteiger partial charge in [0.2, 0.25) is 11.8 Å². The summed E-state index contributed by atoms with van der Waals surface area (Å²) in [6.45, 7) is 4.62. The van der Waals surface area contributed by atoms with Gasteiger partial charge in [0, 0.05) is 17.6 Å². The fourth-order valence-corrected chi connectivity index (χ4v) is 1.68. The van der Waals surface area contributed by atoms with Gasteiger partial charge < -0.3 is 16.4 Å². The smallest absolute Gasteiger partial charge is 0.347 e. The summed E-state index contributed by atoms with van der Waals surface area (Å²) < 4.78 is 38.4. The van der Waals surface area contributed by atoms with Crippen LogP contribution < -0.4 is 16.4 Å². The molecule has 9 heteroatoms. The molecule has 1 rings (SSSR count). The highest BCUT2D eigenvalue weighted by Gasteiger charge is 2.31. The number of rotatable bonds is 4. The molecule has 0 aliphatic heterocycles. The van der Waals surface area contributed by atoms with E-state index in [1.807, 2.05) is 0 Å². The van der Waals surface area contributed by atoms with E-state index in [4.69, 9.17) is 5.73 Å². The van der Waals surface area contributed by atoms with Crippen LogP contribution >= 0.6 is 12.4 Å². The number of carbonyl (C=O) groups is 2. The third-order valence-electron chi connectivity index (χ3n) is 2.93. The Kier molecular flexibility index (Phi) is 7.72. The summed E-state index contributed by atoms with van der Waals surface area (Å²) in [6.07, 6.45) is -4.54. The van der Waals surface area contributed by atoms with E-state index in [2.05, 4.69) is 10.6 Å². The summed E-state index contributed by atoms with van der Waals surface area (Å²) in [5.41, 5.74) is 4.04. The SMILES string of the molecule is CC(C)(C)C(=O)NCC(=O)Nc1cc(CN)cc(C(F)(F)F)c1.Cl. The minimum Gasteiger partial charge on any atom is -0.347 e. The predicted molar refractivity (Wildman–Crippen MR) is 87.7 cm³/mol. The lowest BCUT2D eigenvalue weighted by Crippen LogP contribution is -2.39. The highest BCUT2D eigenvalue weighted by atomic mass is 35.5. The molecule has 0 radical (unpaired) electrons. The van der Waals surface area contributed by atoms with Gasteiger partial charge in [-0.1, -0.05) is 20.8 Å². The second kappa shape index (κ2) is 8.34. The molecule has 0 fully saturated rings. The number of nitrogens with two attached hydrogens (primary N) is 1. The molecule has 0 aliphatic rings. The average Bonchev–Trinajstić information content (AvgIpc) is 2.42. The van der Waals surface area contributed by atoms with E-state index in [9.17, 15) is 22.8 Å². The zero-order chi connectivity index (χ0) is 17.8. The Hall–Kier alpha value is -1.80. The third kappa shape index (κ3) is 6.76. The first kappa shape index (κ1) is 22.2. The second-order valence-electron chi connectivity index (χ2n) is 6.10. The van der Waals surface area contributed by atoms with Gasteiger partial charge in [-0.25, -0.2) is 0 Å². The van der Waals surface area contributed by atoms with Gasteiger partial charge in [0.1, 0.15) is 0 Å². The molecule has 2 amide bonds. The van der Waals surface area contributed by atoms with Gasteiger partial charge in [0.05, 0.1) is 12.1 Å². The molecule has 136 valence electrons. The monoisotopic (exact) mass is 367 g/mol. The van der Waals surface area contributed by atoms with Crippen LogP contribution in [-0.2, 0) is 22.3 Å². The Labute approximate surface area is 144 Å². The fourth-order valence-electron chi connectivity index (χ4n) is 1.68. The lowest BCUT2D eigenvalue weighted by atomic mass is 9.96. The number of carbonyl (C=O) groups excluding carboxylic acids is 2. The molecule has 4 N–H and O–H groups in total. The number of benzene rings is 1. The van der Waals surface area contributed by atoms with E-state index in [0.717, 1.165) is 12.1 Å². The number of hydrogen-bond acceptors (Lipinski definition) is 3. The summed E-state index contributed by atoms with van der Waals surface area (Å²) in [5.74, 6) is -0.954. The molecule has 0 saturated heterocycles. The van der Waals surface area contributed by atoms with Crippen molar-refractivity contribution in [3.8, 4) is 0 Å². The topological polar surface area (TPSA) is 84.2 Å². The molecule has 0 saturated carbocycles. The first-order valence-electron chi connectivity index (χ1n) is 6.93. The van der Waals surface area contributed by atoms with Crippen LogP contribution in [0.1, 0.15) is 31.9 Å². The Balaban J connectivity index is 0.00000529. The van der Waals surface area contributed by atoms with Crippen LogP contribution in [0.2, 0.25) is 0 Å². The van der Waals surface area contributed by atoms with Crippen molar-refractivity contribution in [3.63, 3.8) is 0 Å². The van der Waals surface area contributed by atoms with Crippen LogP contribution in [0.15, 0.2) is 18.2 Å². The maximum Gasteiger partial charge on any atom is 0.416 e. The zero-order valence-electron chi connectivity index (χ0n) is 13.6. The van der Waals surface area contributed by atoms with Crippen LogP contribution in [0.4, 0.5) is 18.9 Å². The Morgan fingerprint density at radius 1 is 1.12 bits per heavy atom. The van der Waals surface area contributed by atoms with Gasteiger partial charge >= 0.3 is 6.18 Å². The zero-order valence-corrected chi connectivity index (χ0v) is 14.4. The number of amides is 2. The Morgan fingerprint density at radius 2 is 1.71 bits per heavy atom. The van der Waals surface area contributed by atoms with Crippen molar-refractivity contribution >= 4 is 29.9 Å². The molecule has 0 unspecified atom stereocenters. The predicted octanol–water partition coefficient (Wildman–Crippen LogP) is 2.69. The van der Waals surface area contributed by atoms with Crippen LogP contribution in [0.25, 0.3) is 0 Å². The van der Waals surface area contributed by atoms with Crippen molar-refractivity contribution in [3.05, 3.63) is 29.3 Å². The molecule has 0 aromatic heterocycles. The molecule has 0 heterocycles. The first-order chi connectivity index (χ1) is 10.4. The number of alkyl halides is 3. The van der Waals surface area contributed by atoms with Gasteiger partial charge in [-0.05, 0) is 23.8 Å². The summed E-state index contributed by atoms with van der Waals surface area (Å²) in [7, 11) is 0. The van der Waals surface area contributed by atoms with Gasteiger partial charge in [0.25, 0.3) is 0 Å². The normalized spacial score (nSPS) is 11.5. The molecule has 1 aromatic rings. The molecule has 24 heavy (non-hydrogen) atoms. The standard InChI is InChI=1S/C15H20F3N3O2.ClH/c1-14(2,3)13(23)20-8-12(22)21-11-5-9(7-19)4-10(6-11)15(16,17)18;/h4-6H,7-8,19H2,1-3H3,(H,20,23)(H,21,22);1H. The number of nitrogens with one attached hydrogen (secondary N) is 2. The van der Waals surface area contributed by atoms with Crippen molar-refractivity contribution < 1.29 is 22.8 Å². The quantitative estimate of drug-likeness (QED) is 0.765. The maximum atomic E-state index is 12.8. The lowest BCUT2D eigenvalue weighted by Gasteiger charge is -2.17. The molecule has 0 bridgehead atoms. The average molecular weight is 368 g/mol. The van der Waals surface area contributed by atoms with Gasteiger partial charge in [-0.2, -0.15) is 13.2 Å². The number of anilines is 1. The second-order valence-corrected chi connectivity index (χ2v) is 6.10. The van der Waals surface area contributed by atoms with Gasteiger partial charge in [-0.15, -0.1) is 12.4 Å². The Bertz CT molecular complexity index is 599. The molecule has 0 aliphatic carbocycles. The summed E-state index contributed by atoms with van der Waals surface area (Å²) in [4.78, 5) is 23.4. The summed E-state index contributed by atoms with van der Waals surface area (Å²) >= 11 is 0. The minimum atomic E-state index is -4.54. The minimum absolute atomic E-state index is 0. The van der Waals surface area contributed by atoms with Crippen molar-refractivity contribution in [2.75, 3.05) is 11.9 Å². The van der Waals surface area contributed by atoms with E-state index in [0.29, 0.717) is 0 Å². The van der Waals surface area contributed by atoms with Gasteiger partial charge in [0.15, 0.2) is 0 Å². The highest BCUT2D eigenvalue weighted by molar-refractivity contribution is 5.95. The van der Waals surface area contributed by atoms with Gasteiger partial charge in [-0.3, -0.25) is 9.59 Å². The first-order valence-corrected chi connectivity index (χ1v) is 6.93. The molecular formula is C15H21ClF3N3O2. The number of hydrogen-bond donors (Lipinski definition) is 3. The van der Waals surface area contributed by atoms with Crippen LogP contribution in [0, 0.1) is 5.41 Å². The van der Waals surface area contributed by atoms with Crippen molar-refractivity contribution in [2.24, 2.45) is 11.1 Å².